The first-order chi connectivity index (χ1) is 9.94. The van der Waals surface area contributed by atoms with Gasteiger partial charge in [0.25, 0.3) is 0 Å². The number of hydrogen-bond donors (Lipinski definition) is 2. The van der Waals surface area contributed by atoms with Gasteiger partial charge in [-0.3, -0.25) is 9.69 Å². The van der Waals surface area contributed by atoms with Crippen molar-refractivity contribution in [1.82, 2.24) is 4.90 Å². The van der Waals surface area contributed by atoms with Crippen molar-refractivity contribution >= 4 is 5.78 Å². The number of phenols is 1. The highest BCUT2D eigenvalue weighted by atomic mass is 16.3. The van der Waals surface area contributed by atoms with Crippen LogP contribution in [-0.2, 0) is 0 Å². The van der Waals surface area contributed by atoms with Crippen molar-refractivity contribution in [2.75, 3.05) is 19.6 Å². The largest absolute Gasteiger partial charge is 0.508 e. The molecule has 1 aliphatic heterocycles. The Morgan fingerprint density at radius 3 is 2.67 bits per heavy atom. The van der Waals surface area contributed by atoms with Crippen LogP contribution in [0.25, 0.3) is 0 Å². The van der Waals surface area contributed by atoms with E-state index in [1.54, 1.807) is 24.3 Å². The zero-order chi connectivity index (χ0) is 15.5. The van der Waals surface area contributed by atoms with Gasteiger partial charge >= 0.3 is 0 Å². The predicted octanol–water partition coefficient (Wildman–Crippen LogP) is 2.41. The number of piperidine rings is 1. The third-order valence-corrected chi connectivity index (χ3v) is 4.68. The van der Waals surface area contributed by atoms with Crippen molar-refractivity contribution in [3.63, 3.8) is 0 Å². The van der Waals surface area contributed by atoms with Gasteiger partial charge in [0.2, 0.25) is 0 Å². The Bertz CT molecular complexity index is 486. The second-order valence-electron chi connectivity index (χ2n) is 6.34. The first-order valence-corrected chi connectivity index (χ1v) is 7.78. The van der Waals surface area contributed by atoms with Gasteiger partial charge in [0.1, 0.15) is 5.75 Å². The van der Waals surface area contributed by atoms with Crippen molar-refractivity contribution < 1.29 is 9.90 Å². The molecule has 116 valence electrons. The Hall–Kier alpha value is -1.39. The number of aromatic hydroxyl groups is 1. The second kappa shape index (κ2) is 6.58. The average Bonchev–Trinajstić information content (AvgIpc) is 2.44. The molecule has 4 heteroatoms. The Morgan fingerprint density at radius 1 is 1.43 bits per heavy atom. The molecule has 0 unspecified atom stereocenters. The fourth-order valence-electron chi connectivity index (χ4n) is 3.20. The summed E-state index contributed by atoms with van der Waals surface area (Å²) < 4.78 is 0. The molecule has 0 amide bonds. The third kappa shape index (κ3) is 3.83. The summed E-state index contributed by atoms with van der Waals surface area (Å²) in [7, 11) is 0. The molecule has 2 rings (SSSR count). The fraction of sp³-hybridized carbons (Fsp3) is 0.588. The molecule has 21 heavy (non-hydrogen) atoms. The number of carbonyl (C=O) groups is 1. The Balaban J connectivity index is 1.93. The topological polar surface area (TPSA) is 66.6 Å². The van der Waals surface area contributed by atoms with Crippen LogP contribution in [0, 0.1) is 5.92 Å². The molecule has 1 aliphatic rings. The number of phenolic OH excluding ortho intramolecular Hbond substituents is 1. The van der Waals surface area contributed by atoms with Crippen molar-refractivity contribution in [1.29, 1.82) is 0 Å². The lowest BCUT2D eigenvalue weighted by Crippen LogP contribution is -2.56. The summed E-state index contributed by atoms with van der Waals surface area (Å²) >= 11 is 0. The minimum absolute atomic E-state index is 0.0766. The van der Waals surface area contributed by atoms with Gasteiger partial charge in [-0.2, -0.15) is 0 Å². The highest BCUT2D eigenvalue weighted by Gasteiger charge is 2.36. The number of nitrogens with two attached hydrogens (primary N) is 1. The molecule has 0 spiro atoms. The van der Waals surface area contributed by atoms with Gasteiger partial charge in [-0.15, -0.1) is 0 Å². The van der Waals surface area contributed by atoms with Gasteiger partial charge in [0.05, 0.1) is 6.54 Å². The molecule has 1 aromatic rings. The second-order valence-corrected chi connectivity index (χ2v) is 6.34. The molecule has 0 aromatic heterocycles. The van der Waals surface area contributed by atoms with E-state index in [1.165, 1.54) is 0 Å². The van der Waals surface area contributed by atoms with Gasteiger partial charge < -0.3 is 10.8 Å². The van der Waals surface area contributed by atoms with Crippen molar-refractivity contribution in [2.45, 2.75) is 38.6 Å². The monoisotopic (exact) mass is 290 g/mol. The summed E-state index contributed by atoms with van der Waals surface area (Å²) in [5, 5.41) is 9.27. The molecule has 1 aromatic carbocycles. The van der Waals surface area contributed by atoms with E-state index in [1.807, 2.05) is 0 Å². The molecular weight excluding hydrogens is 264 g/mol. The molecule has 0 saturated carbocycles. The summed E-state index contributed by atoms with van der Waals surface area (Å²) in [6.45, 7) is 6.54. The number of benzene rings is 1. The Labute approximate surface area is 126 Å². The van der Waals surface area contributed by atoms with E-state index in [0.717, 1.165) is 32.4 Å². The lowest BCUT2D eigenvalue weighted by Gasteiger charge is -2.44. The van der Waals surface area contributed by atoms with Gasteiger partial charge in [0.15, 0.2) is 5.78 Å². The van der Waals surface area contributed by atoms with Crippen LogP contribution < -0.4 is 5.73 Å². The molecule has 1 saturated heterocycles. The first kappa shape index (κ1) is 16.0. The highest BCUT2D eigenvalue weighted by molar-refractivity contribution is 5.97. The molecule has 3 N–H and O–H groups in total. The lowest BCUT2D eigenvalue weighted by atomic mass is 9.76. The Morgan fingerprint density at radius 2 is 2.10 bits per heavy atom. The number of likely N-dealkylation sites (tertiary alicyclic amines) is 1. The fourth-order valence-corrected chi connectivity index (χ4v) is 3.20. The van der Waals surface area contributed by atoms with Crippen molar-refractivity contribution in [2.24, 2.45) is 11.7 Å². The van der Waals surface area contributed by atoms with E-state index in [0.29, 0.717) is 18.0 Å². The summed E-state index contributed by atoms with van der Waals surface area (Å²) in [5.41, 5.74) is 7.07. The normalized spacial score (nSPS) is 26.7. The molecule has 1 fully saturated rings. The molecule has 1 heterocycles. The zero-order valence-corrected chi connectivity index (χ0v) is 13.0. The summed E-state index contributed by atoms with van der Waals surface area (Å²) in [6, 6.07) is 6.46. The maximum Gasteiger partial charge on any atom is 0.176 e. The maximum atomic E-state index is 12.3. The van der Waals surface area contributed by atoms with E-state index in [-0.39, 0.29) is 17.1 Å². The van der Waals surface area contributed by atoms with Crippen LogP contribution in [0.15, 0.2) is 24.3 Å². The lowest BCUT2D eigenvalue weighted by molar-refractivity contribution is 0.0757. The Kier molecular flexibility index (Phi) is 5.01. The summed E-state index contributed by atoms with van der Waals surface area (Å²) in [6.07, 6.45) is 3.10. The number of carbonyl (C=O) groups excluding carboxylic acids is 1. The van der Waals surface area contributed by atoms with Crippen LogP contribution in [0.3, 0.4) is 0 Å². The van der Waals surface area contributed by atoms with Crippen LogP contribution in [-0.4, -0.2) is 41.0 Å². The number of Topliss-reactive ketones (excluding diaryl/α,β-unsaturated/α-hetero) is 1. The molecule has 0 aliphatic carbocycles. The standard InChI is InChI=1S/C17H26N2O2/c1-3-8-17(18)9-10-19(11-13(17)2)12-16(21)14-4-6-15(20)7-5-14/h4-7,13,20H,3,8-12,18H2,1-2H3/t13-,17-/m0/s1. The molecule has 0 bridgehead atoms. The van der Waals surface area contributed by atoms with Gasteiger partial charge in [-0.05, 0) is 43.0 Å². The first-order valence-electron chi connectivity index (χ1n) is 7.78. The minimum Gasteiger partial charge on any atom is -0.508 e. The van der Waals surface area contributed by atoms with Crippen molar-refractivity contribution in [3.05, 3.63) is 29.8 Å². The van der Waals surface area contributed by atoms with Gasteiger partial charge in [0, 0.05) is 24.2 Å². The van der Waals surface area contributed by atoms with Crippen LogP contribution >= 0.6 is 0 Å². The number of rotatable bonds is 5. The van der Waals surface area contributed by atoms with Gasteiger partial charge in [-0.1, -0.05) is 20.3 Å². The van der Waals surface area contributed by atoms with Gasteiger partial charge in [-0.25, -0.2) is 0 Å². The minimum atomic E-state index is -0.0766. The smallest absolute Gasteiger partial charge is 0.176 e. The maximum absolute atomic E-state index is 12.3. The average molecular weight is 290 g/mol. The number of hydrogen-bond acceptors (Lipinski definition) is 4. The quantitative estimate of drug-likeness (QED) is 0.817. The summed E-state index contributed by atoms with van der Waals surface area (Å²) in [4.78, 5) is 14.5. The third-order valence-electron chi connectivity index (χ3n) is 4.68. The molecule has 0 radical (unpaired) electrons. The zero-order valence-electron chi connectivity index (χ0n) is 13.0. The number of ketones is 1. The SMILES string of the molecule is CCC[C@]1(N)CCN(CC(=O)c2ccc(O)cc2)C[C@@H]1C. The van der Waals surface area contributed by atoms with Crippen LogP contribution in [0.5, 0.6) is 5.75 Å². The molecular formula is C17H26N2O2. The van der Waals surface area contributed by atoms with E-state index in [2.05, 4.69) is 18.7 Å². The summed E-state index contributed by atoms with van der Waals surface area (Å²) in [5.74, 6) is 0.687. The van der Waals surface area contributed by atoms with Crippen LogP contribution in [0.2, 0.25) is 0 Å². The van der Waals surface area contributed by atoms with E-state index < -0.39 is 0 Å². The van der Waals surface area contributed by atoms with Crippen LogP contribution in [0.1, 0.15) is 43.5 Å². The van der Waals surface area contributed by atoms with E-state index in [4.69, 9.17) is 5.73 Å². The molecule has 4 nitrogen and oxygen atoms in total. The van der Waals surface area contributed by atoms with E-state index in [9.17, 15) is 9.90 Å². The highest BCUT2D eigenvalue weighted by Crippen LogP contribution is 2.29. The van der Waals surface area contributed by atoms with Crippen LogP contribution in [0.4, 0.5) is 0 Å². The number of nitrogens with zero attached hydrogens (tertiary/aromatic N) is 1. The molecule has 2 atom stereocenters. The van der Waals surface area contributed by atoms with Crippen molar-refractivity contribution in [3.8, 4) is 5.75 Å². The van der Waals surface area contributed by atoms with E-state index >= 15 is 0 Å². The predicted molar refractivity (Wildman–Crippen MR) is 84.5 cm³/mol.